The van der Waals surface area contributed by atoms with Crippen LogP contribution in [-0.2, 0) is 22.7 Å². The van der Waals surface area contributed by atoms with E-state index in [2.05, 4.69) is 34.6 Å². The van der Waals surface area contributed by atoms with Crippen LogP contribution in [0.5, 0.6) is 0 Å². The van der Waals surface area contributed by atoms with Crippen LogP contribution in [0, 0.1) is 5.92 Å². The zero-order valence-electron chi connectivity index (χ0n) is 17.6. The van der Waals surface area contributed by atoms with Crippen molar-refractivity contribution in [2.24, 2.45) is 5.92 Å². The Labute approximate surface area is 179 Å². The van der Waals surface area contributed by atoms with Gasteiger partial charge in [-0.2, -0.15) is 0 Å². The average Bonchev–Trinajstić information content (AvgIpc) is 2.78. The molecule has 30 heavy (non-hydrogen) atoms. The molecule has 3 rings (SSSR count). The van der Waals surface area contributed by atoms with Crippen LogP contribution in [0.4, 0.5) is 0 Å². The molecule has 158 valence electrons. The molecule has 2 amide bonds. The molecule has 1 heterocycles. The van der Waals surface area contributed by atoms with Gasteiger partial charge in [0.15, 0.2) is 0 Å². The molecular weight excluding hydrogens is 374 g/mol. The van der Waals surface area contributed by atoms with E-state index in [9.17, 15) is 9.59 Å². The second kappa shape index (κ2) is 11.3. The minimum atomic E-state index is -0.284. The lowest BCUT2D eigenvalue weighted by atomic mass is 9.98. The Bertz CT molecular complexity index is 856. The Kier molecular flexibility index (Phi) is 8.21. The molecule has 0 atom stereocenters. The van der Waals surface area contributed by atoms with E-state index in [1.807, 2.05) is 42.5 Å². The van der Waals surface area contributed by atoms with E-state index in [1.54, 1.807) is 6.08 Å². The molecule has 5 heteroatoms. The lowest BCUT2D eigenvalue weighted by Gasteiger charge is -2.30. The molecule has 0 aliphatic carbocycles. The molecule has 2 aromatic rings. The summed E-state index contributed by atoms with van der Waals surface area (Å²) in [5.41, 5.74) is 3.32. The van der Waals surface area contributed by atoms with Gasteiger partial charge in [0.2, 0.25) is 11.8 Å². The predicted molar refractivity (Wildman–Crippen MR) is 120 cm³/mol. The summed E-state index contributed by atoms with van der Waals surface area (Å²) in [6.07, 6.45) is 5.66. The van der Waals surface area contributed by atoms with Crippen molar-refractivity contribution in [1.29, 1.82) is 0 Å². The molecular formula is C25H31N3O2. The fraction of sp³-hybridized carbons (Fsp3) is 0.360. The van der Waals surface area contributed by atoms with Crippen molar-refractivity contribution in [2.75, 3.05) is 19.6 Å². The number of piperidine rings is 1. The van der Waals surface area contributed by atoms with E-state index in [0.717, 1.165) is 36.7 Å². The third-order valence-electron chi connectivity index (χ3n) is 5.51. The maximum atomic E-state index is 12.2. The summed E-state index contributed by atoms with van der Waals surface area (Å²) in [5.74, 6) is 0.334. The maximum absolute atomic E-state index is 12.2. The van der Waals surface area contributed by atoms with Gasteiger partial charge < -0.3 is 10.6 Å². The number of carbonyl (C=O) groups excluding carboxylic acids is 2. The van der Waals surface area contributed by atoms with Gasteiger partial charge >= 0.3 is 0 Å². The Morgan fingerprint density at radius 3 is 2.37 bits per heavy atom. The summed E-state index contributed by atoms with van der Waals surface area (Å²) in [6.45, 7) is 5.92. The minimum absolute atomic E-state index is 0.0376. The molecule has 0 aromatic heterocycles. The van der Waals surface area contributed by atoms with Crippen LogP contribution in [0.1, 0.15) is 36.5 Å². The molecule has 0 spiro atoms. The van der Waals surface area contributed by atoms with E-state index in [0.29, 0.717) is 6.54 Å². The van der Waals surface area contributed by atoms with E-state index >= 15 is 0 Å². The molecule has 1 aliphatic rings. The van der Waals surface area contributed by atoms with Gasteiger partial charge in [-0.15, -0.1) is 0 Å². The number of carbonyl (C=O) groups is 2. The highest BCUT2D eigenvalue weighted by Gasteiger charge is 2.16. The Morgan fingerprint density at radius 2 is 1.63 bits per heavy atom. The summed E-state index contributed by atoms with van der Waals surface area (Å²) < 4.78 is 0. The third kappa shape index (κ3) is 7.16. The lowest BCUT2D eigenvalue weighted by molar-refractivity contribution is -0.124. The number of hydrogen-bond donors (Lipinski definition) is 2. The molecule has 1 saturated heterocycles. The first-order valence-corrected chi connectivity index (χ1v) is 10.7. The summed E-state index contributed by atoms with van der Waals surface area (Å²) in [6, 6.07) is 17.8. The van der Waals surface area contributed by atoms with Crippen LogP contribution in [0.25, 0.3) is 6.08 Å². The molecule has 5 nitrogen and oxygen atoms in total. The molecule has 0 saturated carbocycles. The first-order chi connectivity index (χ1) is 14.6. The van der Waals surface area contributed by atoms with Crippen molar-refractivity contribution in [3.8, 4) is 0 Å². The molecule has 0 radical (unpaired) electrons. The van der Waals surface area contributed by atoms with E-state index in [-0.39, 0.29) is 18.4 Å². The smallest absolute Gasteiger partial charge is 0.244 e. The second-order valence-corrected chi connectivity index (χ2v) is 7.97. The predicted octanol–water partition coefficient (Wildman–Crippen LogP) is 3.36. The van der Waals surface area contributed by atoms with Gasteiger partial charge in [0, 0.05) is 19.2 Å². The number of rotatable bonds is 8. The quantitative estimate of drug-likeness (QED) is 0.662. The van der Waals surface area contributed by atoms with Crippen LogP contribution in [0.3, 0.4) is 0 Å². The van der Waals surface area contributed by atoms with Gasteiger partial charge in [0.1, 0.15) is 0 Å². The van der Waals surface area contributed by atoms with E-state index in [1.165, 1.54) is 24.5 Å². The molecule has 1 fully saturated rings. The molecule has 2 aromatic carbocycles. The summed E-state index contributed by atoms with van der Waals surface area (Å²) in [4.78, 5) is 26.6. The Balaban J connectivity index is 1.43. The molecule has 0 bridgehead atoms. The van der Waals surface area contributed by atoms with Crippen LogP contribution in [0.15, 0.2) is 60.7 Å². The highest BCUT2D eigenvalue weighted by atomic mass is 16.2. The summed E-state index contributed by atoms with van der Waals surface area (Å²) >= 11 is 0. The lowest BCUT2D eigenvalue weighted by Crippen LogP contribution is -2.36. The van der Waals surface area contributed by atoms with Crippen molar-refractivity contribution in [2.45, 2.75) is 32.9 Å². The fourth-order valence-corrected chi connectivity index (χ4v) is 3.56. The minimum Gasteiger partial charge on any atom is -0.350 e. The Hall–Kier alpha value is -2.92. The average molecular weight is 406 g/mol. The number of likely N-dealkylation sites (tertiary alicyclic amines) is 1. The highest BCUT2D eigenvalue weighted by molar-refractivity contribution is 5.94. The van der Waals surface area contributed by atoms with Crippen LogP contribution in [-0.4, -0.2) is 36.3 Å². The number of benzene rings is 2. The maximum Gasteiger partial charge on any atom is 0.244 e. The van der Waals surface area contributed by atoms with Crippen LogP contribution < -0.4 is 10.6 Å². The van der Waals surface area contributed by atoms with Crippen molar-refractivity contribution < 1.29 is 9.59 Å². The van der Waals surface area contributed by atoms with Gasteiger partial charge in [-0.05, 0) is 54.6 Å². The van der Waals surface area contributed by atoms with Crippen LogP contribution in [0.2, 0.25) is 0 Å². The standard InChI is InChI=1S/C25H31N3O2/c1-20-13-15-28(16-14-20)19-23-10-6-5-9-22(23)17-26-25(30)18-27-24(29)12-11-21-7-3-2-4-8-21/h2-12,20H,13-19H2,1H3,(H,26,30)(H,27,29)/b12-11+. The first kappa shape index (κ1) is 21.8. The largest absolute Gasteiger partial charge is 0.350 e. The van der Waals surface area contributed by atoms with E-state index in [4.69, 9.17) is 0 Å². The normalized spacial score (nSPS) is 15.2. The number of nitrogens with one attached hydrogen (secondary N) is 2. The van der Waals surface area contributed by atoms with E-state index < -0.39 is 0 Å². The second-order valence-electron chi connectivity index (χ2n) is 7.97. The fourth-order valence-electron chi connectivity index (χ4n) is 3.56. The first-order valence-electron chi connectivity index (χ1n) is 10.7. The zero-order valence-corrected chi connectivity index (χ0v) is 17.6. The van der Waals surface area contributed by atoms with Crippen molar-refractivity contribution in [3.05, 3.63) is 77.4 Å². The van der Waals surface area contributed by atoms with Crippen molar-refractivity contribution >= 4 is 17.9 Å². The molecule has 1 aliphatic heterocycles. The number of nitrogens with zero attached hydrogens (tertiary/aromatic N) is 1. The summed E-state index contributed by atoms with van der Waals surface area (Å²) in [5, 5.41) is 5.54. The van der Waals surface area contributed by atoms with Gasteiger partial charge in [-0.25, -0.2) is 0 Å². The number of amides is 2. The van der Waals surface area contributed by atoms with Gasteiger partial charge in [0.05, 0.1) is 6.54 Å². The SMILES string of the molecule is CC1CCN(Cc2ccccc2CNC(=O)CNC(=O)/C=C/c2ccccc2)CC1. The van der Waals surface area contributed by atoms with Crippen molar-refractivity contribution in [3.63, 3.8) is 0 Å². The van der Waals surface area contributed by atoms with Crippen molar-refractivity contribution in [1.82, 2.24) is 15.5 Å². The van der Waals surface area contributed by atoms with Gasteiger partial charge in [-0.1, -0.05) is 61.5 Å². The van der Waals surface area contributed by atoms with Gasteiger partial charge in [-0.3, -0.25) is 14.5 Å². The number of hydrogen-bond acceptors (Lipinski definition) is 3. The monoisotopic (exact) mass is 405 g/mol. The van der Waals surface area contributed by atoms with Gasteiger partial charge in [0.25, 0.3) is 0 Å². The Morgan fingerprint density at radius 1 is 0.967 bits per heavy atom. The third-order valence-corrected chi connectivity index (χ3v) is 5.51. The summed E-state index contributed by atoms with van der Waals surface area (Å²) in [7, 11) is 0. The topological polar surface area (TPSA) is 61.4 Å². The zero-order chi connectivity index (χ0) is 21.2. The van der Waals surface area contributed by atoms with Crippen LogP contribution >= 0.6 is 0 Å². The highest BCUT2D eigenvalue weighted by Crippen LogP contribution is 2.19. The molecule has 2 N–H and O–H groups in total. The molecule has 0 unspecified atom stereocenters.